The van der Waals surface area contributed by atoms with Gasteiger partial charge in [0.1, 0.15) is 0 Å². The van der Waals surface area contributed by atoms with Crippen LogP contribution in [0.3, 0.4) is 0 Å². The standard InChI is InChI=1S/C13H30N2/c1-6-10-14-13(7-2)9-8-11-15(5)12(3)4/h12-14H,6-11H2,1-5H3. The highest BCUT2D eigenvalue weighted by atomic mass is 15.1. The molecule has 0 saturated carbocycles. The van der Waals surface area contributed by atoms with Gasteiger partial charge in [-0.05, 0) is 59.7 Å². The van der Waals surface area contributed by atoms with Crippen molar-refractivity contribution >= 4 is 0 Å². The van der Waals surface area contributed by atoms with Crippen LogP contribution < -0.4 is 5.32 Å². The Balaban J connectivity index is 3.53. The minimum atomic E-state index is 0.675. The van der Waals surface area contributed by atoms with E-state index in [1.54, 1.807) is 0 Å². The molecule has 92 valence electrons. The number of hydrogen-bond acceptors (Lipinski definition) is 2. The van der Waals surface area contributed by atoms with E-state index >= 15 is 0 Å². The summed E-state index contributed by atoms with van der Waals surface area (Å²) in [6.07, 6.45) is 5.12. The first-order valence-electron chi connectivity index (χ1n) is 6.55. The summed E-state index contributed by atoms with van der Waals surface area (Å²) in [5, 5.41) is 3.60. The molecule has 0 heterocycles. The summed E-state index contributed by atoms with van der Waals surface area (Å²) in [7, 11) is 2.21. The number of nitrogens with zero attached hydrogens (tertiary/aromatic N) is 1. The van der Waals surface area contributed by atoms with Crippen LogP contribution in [0.1, 0.15) is 53.4 Å². The molecule has 1 atom stereocenters. The lowest BCUT2D eigenvalue weighted by Crippen LogP contribution is -2.32. The predicted octanol–water partition coefficient (Wildman–Crippen LogP) is 2.89. The first-order chi connectivity index (χ1) is 7.11. The maximum absolute atomic E-state index is 3.60. The molecular weight excluding hydrogens is 184 g/mol. The van der Waals surface area contributed by atoms with Crippen molar-refractivity contribution in [3.05, 3.63) is 0 Å². The van der Waals surface area contributed by atoms with Crippen LogP contribution in [0.25, 0.3) is 0 Å². The highest BCUT2D eigenvalue weighted by Gasteiger charge is 2.06. The van der Waals surface area contributed by atoms with Gasteiger partial charge in [-0.1, -0.05) is 13.8 Å². The molecular formula is C13H30N2. The van der Waals surface area contributed by atoms with Crippen LogP contribution in [0.5, 0.6) is 0 Å². The summed E-state index contributed by atoms with van der Waals surface area (Å²) in [5.74, 6) is 0. The van der Waals surface area contributed by atoms with Crippen molar-refractivity contribution in [3.63, 3.8) is 0 Å². The molecule has 0 aromatic heterocycles. The van der Waals surface area contributed by atoms with E-state index in [4.69, 9.17) is 0 Å². The molecule has 0 aromatic carbocycles. The fourth-order valence-corrected chi connectivity index (χ4v) is 1.64. The first kappa shape index (κ1) is 14.9. The maximum Gasteiger partial charge on any atom is 0.00649 e. The summed E-state index contributed by atoms with van der Waals surface area (Å²) >= 11 is 0. The van der Waals surface area contributed by atoms with E-state index in [0.29, 0.717) is 6.04 Å². The topological polar surface area (TPSA) is 15.3 Å². The quantitative estimate of drug-likeness (QED) is 0.635. The van der Waals surface area contributed by atoms with E-state index in [1.165, 1.54) is 38.8 Å². The largest absolute Gasteiger partial charge is 0.314 e. The molecule has 0 aliphatic carbocycles. The summed E-state index contributed by atoms with van der Waals surface area (Å²) in [6.45, 7) is 11.4. The molecule has 0 aromatic rings. The van der Waals surface area contributed by atoms with E-state index in [0.717, 1.165) is 6.04 Å². The molecule has 15 heavy (non-hydrogen) atoms. The second-order valence-electron chi connectivity index (χ2n) is 4.78. The first-order valence-corrected chi connectivity index (χ1v) is 6.55. The van der Waals surface area contributed by atoms with Crippen LogP contribution in [-0.4, -0.2) is 37.1 Å². The second-order valence-corrected chi connectivity index (χ2v) is 4.78. The average molecular weight is 214 g/mol. The van der Waals surface area contributed by atoms with Crippen LogP contribution >= 0.6 is 0 Å². The van der Waals surface area contributed by atoms with Crippen molar-refractivity contribution in [1.82, 2.24) is 10.2 Å². The van der Waals surface area contributed by atoms with Crippen molar-refractivity contribution in [2.45, 2.75) is 65.5 Å². The van der Waals surface area contributed by atoms with Gasteiger partial charge in [0.2, 0.25) is 0 Å². The molecule has 0 aliphatic rings. The molecule has 0 rings (SSSR count). The highest BCUT2D eigenvalue weighted by Crippen LogP contribution is 2.04. The third-order valence-corrected chi connectivity index (χ3v) is 3.12. The van der Waals surface area contributed by atoms with E-state index in [9.17, 15) is 0 Å². The van der Waals surface area contributed by atoms with Crippen LogP contribution in [0.15, 0.2) is 0 Å². The Morgan fingerprint density at radius 3 is 2.33 bits per heavy atom. The van der Waals surface area contributed by atoms with Crippen molar-refractivity contribution in [3.8, 4) is 0 Å². The fourth-order valence-electron chi connectivity index (χ4n) is 1.64. The van der Waals surface area contributed by atoms with Gasteiger partial charge >= 0.3 is 0 Å². The van der Waals surface area contributed by atoms with Crippen molar-refractivity contribution < 1.29 is 0 Å². The Morgan fingerprint density at radius 2 is 1.87 bits per heavy atom. The number of rotatable bonds is 9. The molecule has 0 fully saturated rings. The lowest BCUT2D eigenvalue weighted by Gasteiger charge is -2.22. The summed E-state index contributed by atoms with van der Waals surface area (Å²) in [4.78, 5) is 2.42. The van der Waals surface area contributed by atoms with Gasteiger partial charge in [-0.15, -0.1) is 0 Å². The number of hydrogen-bond donors (Lipinski definition) is 1. The van der Waals surface area contributed by atoms with Gasteiger partial charge in [-0.2, -0.15) is 0 Å². The molecule has 0 bridgehead atoms. The maximum atomic E-state index is 3.60. The van der Waals surface area contributed by atoms with E-state index in [2.05, 4.69) is 45.0 Å². The van der Waals surface area contributed by atoms with Crippen LogP contribution in [-0.2, 0) is 0 Å². The average Bonchev–Trinajstić information content (AvgIpc) is 2.22. The molecule has 0 aliphatic heterocycles. The molecule has 1 N–H and O–H groups in total. The van der Waals surface area contributed by atoms with Crippen molar-refractivity contribution in [2.75, 3.05) is 20.1 Å². The Bertz CT molecular complexity index is 134. The van der Waals surface area contributed by atoms with Gasteiger partial charge in [-0.3, -0.25) is 0 Å². The zero-order valence-corrected chi connectivity index (χ0v) is 11.3. The van der Waals surface area contributed by atoms with Gasteiger partial charge in [0.15, 0.2) is 0 Å². The Morgan fingerprint density at radius 1 is 1.20 bits per heavy atom. The third kappa shape index (κ3) is 7.80. The summed E-state index contributed by atoms with van der Waals surface area (Å²) < 4.78 is 0. The molecule has 1 unspecified atom stereocenters. The lowest BCUT2D eigenvalue weighted by molar-refractivity contribution is 0.262. The van der Waals surface area contributed by atoms with Crippen LogP contribution in [0.2, 0.25) is 0 Å². The van der Waals surface area contributed by atoms with Gasteiger partial charge < -0.3 is 10.2 Å². The highest BCUT2D eigenvalue weighted by molar-refractivity contribution is 4.66. The monoisotopic (exact) mass is 214 g/mol. The third-order valence-electron chi connectivity index (χ3n) is 3.12. The molecule has 0 radical (unpaired) electrons. The van der Waals surface area contributed by atoms with Gasteiger partial charge in [-0.25, -0.2) is 0 Å². The number of nitrogens with one attached hydrogen (secondary N) is 1. The Kier molecular flexibility index (Phi) is 9.12. The van der Waals surface area contributed by atoms with Crippen molar-refractivity contribution in [1.29, 1.82) is 0 Å². The van der Waals surface area contributed by atoms with Crippen LogP contribution in [0.4, 0.5) is 0 Å². The second kappa shape index (κ2) is 9.17. The lowest BCUT2D eigenvalue weighted by atomic mass is 10.1. The van der Waals surface area contributed by atoms with Crippen molar-refractivity contribution in [2.24, 2.45) is 0 Å². The summed E-state index contributed by atoms with van der Waals surface area (Å²) in [5.41, 5.74) is 0. The summed E-state index contributed by atoms with van der Waals surface area (Å²) in [6, 6.07) is 1.40. The van der Waals surface area contributed by atoms with Gasteiger partial charge in [0.25, 0.3) is 0 Å². The predicted molar refractivity (Wildman–Crippen MR) is 69.4 cm³/mol. The zero-order chi connectivity index (χ0) is 11.7. The van der Waals surface area contributed by atoms with Gasteiger partial charge in [0.05, 0.1) is 0 Å². The van der Waals surface area contributed by atoms with E-state index in [1.807, 2.05) is 0 Å². The van der Waals surface area contributed by atoms with Gasteiger partial charge in [0, 0.05) is 12.1 Å². The minimum Gasteiger partial charge on any atom is -0.314 e. The molecule has 0 amide bonds. The molecule has 2 nitrogen and oxygen atoms in total. The van der Waals surface area contributed by atoms with E-state index < -0.39 is 0 Å². The van der Waals surface area contributed by atoms with Crippen LogP contribution in [0, 0.1) is 0 Å². The van der Waals surface area contributed by atoms with E-state index in [-0.39, 0.29) is 0 Å². The smallest absolute Gasteiger partial charge is 0.00649 e. The fraction of sp³-hybridized carbons (Fsp3) is 1.00. The minimum absolute atomic E-state index is 0.675. The molecule has 0 saturated heterocycles. The Hall–Kier alpha value is -0.0800. The molecule has 0 spiro atoms. The Labute approximate surface area is 96.4 Å². The SMILES string of the molecule is CCCNC(CC)CCCN(C)C(C)C. The normalized spacial score (nSPS) is 13.8. The molecule has 2 heteroatoms. The zero-order valence-electron chi connectivity index (χ0n) is 11.3.